The number of amides is 3. The average Bonchev–Trinajstić information content (AvgIpc) is 3.06. The summed E-state index contributed by atoms with van der Waals surface area (Å²) in [5, 5.41) is 18.3. The highest BCUT2D eigenvalue weighted by atomic mass is 16.5. The smallest absolute Gasteiger partial charge is 0.407 e. The minimum atomic E-state index is -0.694. The first kappa shape index (κ1) is 37.7. The molecule has 3 atom stereocenters. The fourth-order valence-corrected chi connectivity index (χ4v) is 4.71. The van der Waals surface area contributed by atoms with Gasteiger partial charge in [-0.05, 0) is 56.1 Å². The molecule has 0 aromatic heterocycles. The van der Waals surface area contributed by atoms with E-state index < -0.39 is 24.1 Å². The van der Waals surface area contributed by atoms with Crippen molar-refractivity contribution in [3.05, 3.63) is 97.1 Å². The van der Waals surface area contributed by atoms with Crippen molar-refractivity contribution in [1.29, 1.82) is 0 Å². The number of hydrogen-bond donors (Lipinski definition) is 4. The number of unbranched alkanes of at least 4 members (excludes halogenated alkanes) is 2. The molecule has 0 radical (unpaired) electrons. The first-order valence-electron chi connectivity index (χ1n) is 15.9. The number of carbonyl (C=O) groups excluding carboxylic acids is 4. The number of nitrogens with one attached hydrogen (secondary N) is 3. The highest BCUT2D eigenvalue weighted by Crippen LogP contribution is 2.13. The van der Waals surface area contributed by atoms with E-state index in [2.05, 4.69) is 29.1 Å². The van der Waals surface area contributed by atoms with Crippen molar-refractivity contribution in [2.24, 2.45) is 5.92 Å². The number of esters is 1. The number of aliphatic hydroxyl groups excluding tert-OH is 1. The molecule has 10 heteroatoms. The van der Waals surface area contributed by atoms with Gasteiger partial charge >= 0.3 is 12.1 Å². The molecule has 0 aliphatic carbocycles. The van der Waals surface area contributed by atoms with Gasteiger partial charge in [0.05, 0.1) is 24.6 Å². The van der Waals surface area contributed by atoms with Crippen LogP contribution in [0.3, 0.4) is 0 Å². The van der Waals surface area contributed by atoms with Gasteiger partial charge in [-0.3, -0.25) is 14.4 Å². The molecule has 4 N–H and O–H groups in total. The Morgan fingerprint density at radius 3 is 2.17 bits per heavy atom. The third-order valence-electron chi connectivity index (χ3n) is 7.21. The molecule has 2 aromatic carbocycles. The van der Waals surface area contributed by atoms with Gasteiger partial charge < -0.3 is 30.5 Å². The van der Waals surface area contributed by atoms with Crippen LogP contribution in [-0.4, -0.2) is 60.8 Å². The van der Waals surface area contributed by atoms with Crippen LogP contribution in [0.4, 0.5) is 4.79 Å². The van der Waals surface area contributed by atoms with Crippen LogP contribution < -0.4 is 16.0 Å². The molecule has 0 saturated heterocycles. The van der Waals surface area contributed by atoms with Crippen molar-refractivity contribution < 1.29 is 33.8 Å². The summed E-state index contributed by atoms with van der Waals surface area (Å²) in [6.45, 7) is 7.70. The Kier molecular flexibility index (Phi) is 18.9. The second-order valence-electron chi connectivity index (χ2n) is 11.1. The maximum Gasteiger partial charge on any atom is 0.407 e. The van der Waals surface area contributed by atoms with E-state index in [4.69, 9.17) is 9.47 Å². The number of alkyl carbamates (subject to hydrolysis) is 1. The molecule has 3 amide bonds. The Labute approximate surface area is 272 Å². The molecular formula is C36H49N3O7. The van der Waals surface area contributed by atoms with Gasteiger partial charge in [-0.25, -0.2) is 4.79 Å². The molecule has 46 heavy (non-hydrogen) atoms. The second kappa shape index (κ2) is 23.0. The van der Waals surface area contributed by atoms with Crippen molar-refractivity contribution >= 4 is 23.9 Å². The summed E-state index contributed by atoms with van der Waals surface area (Å²) in [5.74, 6) is -1.76. The van der Waals surface area contributed by atoms with Crippen LogP contribution in [0.25, 0.3) is 0 Å². The predicted molar refractivity (Wildman–Crippen MR) is 178 cm³/mol. The van der Waals surface area contributed by atoms with Gasteiger partial charge in [-0.15, -0.1) is 13.2 Å². The SMILES string of the molecule is C=CCCCC(=O)OC[C@H](CCCCNC(=O)OCc1ccccc1)NC(=O)[C@H](CC=C)CC(=O)N[C@H](CO)Cc1ccccc1. The fraction of sp³-hybridized carbons (Fsp3) is 0.444. The maximum absolute atomic E-state index is 13.3. The number of allylic oxidation sites excluding steroid dienone is 2. The van der Waals surface area contributed by atoms with Crippen LogP contribution >= 0.6 is 0 Å². The molecule has 2 aromatic rings. The normalized spacial score (nSPS) is 12.5. The zero-order chi connectivity index (χ0) is 33.4. The van der Waals surface area contributed by atoms with Crippen molar-refractivity contribution in [1.82, 2.24) is 16.0 Å². The van der Waals surface area contributed by atoms with Crippen molar-refractivity contribution in [3.8, 4) is 0 Å². The quantitative estimate of drug-likeness (QED) is 0.0783. The average molecular weight is 636 g/mol. The molecule has 0 aliphatic heterocycles. The van der Waals surface area contributed by atoms with Crippen LogP contribution in [0, 0.1) is 5.92 Å². The molecule has 0 fully saturated rings. The van der Waals surface area contributed by atoms with E-state index in [1.165, 1.54) is 0 Å². The van der Waals surface area contributed by atoms with E-state index in [-0.39, 0.29) is 56.9 Å². The molecule has 250 valence electrons. The van der Waals surface area contributed by atoms with E-state index in [1.54, 1.807) is 12.2 Å². The van der Waals surface area contributed by atoms with Gasteiger partial charge in [0.1, 0.15) is 13.2 Å². The van der Waals surface area contributed by atoms with Gasteiger partial charge in [-0.1, -0.05) is 72.8 Å². The molecule has 0 heterocycles. The van der Waals surface area contributed by atoms with Gasteiger partial charge in [0.15, 0.2) is 0 Å². The van der Waals surface area contributed by atoms with Gasteiger partial charge in [0, 0.05) is 19.4 Å². The number of aliphatic hydroxyl groups is 1. The standard InChI is InChI=1S/C36H49N3O7/c1-3-5-8-21-34(42)45-27-31(20-13-14-22-37-36(44)46-26-29-18-11-7-12-19-29)39-35(43)30(15-4-2)24-33(41)38-32(25-40)23-28-16-9-6-10-17-28/h3-4,6-7,9-12,16-19,30-32,40H,1-2,5,8,13-15,20-27H2,(H,37,44)(H,38,41)(H,39,43)/t30-,31+,32+/m1/s1. The second-order valence-corrected chi connectivity index (χ2v) is 11.1. The predicted octanol–water partition coefficient (Wildman–Crippen LogP) is 4.77. The number of hydrogen-bond acceptors (Lipinski definition) is 7. The van der Waals surface area contributed by atoms with Crippen molar-refractivity contribution in [2.45, 2.75) is 76.5 Å². The minimum absolute atomic E-state index is 0.0120. The summed E-state index contributed by atoms with van der Waals surface area (Å²) < 4.78 is 10.7. The zero-order valence-electron chi connectivity index (χ0n) is 26.7. The van der Waals surface area contributed by atoms with E-state index in [0.717, 1.165) is 11.1 Å². The highest BCUT2D eigenvalue weighted by Gasteiger charge is 2.25. The third kappa shape index (κ3) is 16.6. The third-order valence-corrected chi connectivity index (χ3v) is 7.21. The molecular weight excluding hydrogens is 586 g/mol. The Bertz CT molecular complexity index is 1210. The Balaban J connectivity index is 1.89. The first-order valence-corrected chi connectivity index (χ1v) is 15.9. The lowest BCUT2D eigenvalue weighted by Crippen LogP contribution is -2.45. The van der Waals surface area contributed by atoms with E-state index in [1.807, 2.05) is 60.7 Å². The lowest BCUT2D eigenvalue weighted by Gasteiger charge is -2.23. The number of benzene rings is 2. The Hall–Kier alpha value is -4.44. The Morgan fingerprint density at radius 2 is 1.52 bits per heavy atom. The molecule has 0 saturated carbocycles. The molecule has 0 spiro atoms. The summed E-state index contributed by atoms with van der Waals surface area (Å²) in [4.78, 5) is 50.5. The number of carbonyl (C=O) groups is 4. The lowest BCUT2D eigenvalue weighted by molar-refractivity contribution is -0.145. The summed E-state index contributed by atoms with van der Waals surface area (Å²) in [6.07, 6.45) is 6.75. The van der Waals surface area contributed by atoms with Crippen LogP contribution in [0.2, 0.25) is 0 Å². The topological polar surface area (TPSA) is 143 Å². The Morgan fingerprint density at radius 1 is 0.826 bits per heavy atom. The molecule has 0 bridgehead atoms. The summed E-state index contributed by atoms with van der Waals surface area (Å²) in [5.41, 5.74) is 1.87. The number of rotatable bonds is 23. The minimum Gasteiger partial charge on any atom is -0.463 e. The lowest BCUT2D eigenvalue weighted by atomic mass is 9.98. The molecule has 10 nitrogen and oxygen atoms in total. The van der Waals surface area contributed by atoms with E-state index in [9.17, 15) is 24.3 Å². The fourth-order valence-electron chi connectivity index (χ4n) is 4.71. The maximum atomic E-state index is 13.3. The van der Waals surface area contributed by atoms with Gasteiger partial charge in [-0.2, -0.15) is 0 Å². The summed E-state index contributed by atoms with van der Waals surface area (Å²) >= 11 is 0. The molecule has 2 rings (SSSR count). The van der Waals surface area contributed by atoms with Crippen LogP contribution in [-0.2, 0) is 36.9 Å². The van der Waals surface area contributed by atoms with Gasteiger partial charge in [0.2, 0.25) is 11.8 Å². The number of ether oxygens (including phenoxy) is 2. The zero-order valence-corrected chi connectivity index (χ0v) is 26.7. The van der Waals surface area contributed by atoms with Crippen molar-refractivity contribution in [2.75, 3.05) is 19.8 Å². The molecule has 0 unspecified atom stereocenters. The van der Waals surface area contributed by atoms with Crippen LogP contribution in [0.15, 0.2) is 86.0 Å². The monoisotopic (exact) mass is 635 g/mol. The van der Waals surface area contributed by atoms with E-state index in [0.29, 0.717) is 45.1 Å². The summed E-state index contributed by atoms with van der Waals surface area (Å²) in [6, 6.07) is 17.9. The van der Waals surface area contributed by atoms with Crippen LogP contribution in [0.5, 0.6) is 0 Å². The van der Waals surface area contributed by atoms with Crippen molar-refractivity contribution in [3.63, 3.8) is 0 Å². The molecule has 0 aliphatic rings. The van der Waals surface area contributed by atoms with Gasteiger partial charge in [0.25, 0.3) is 0 Å². The van der Waals surface area contributed by atoms with Crippen LogP contribution in [0.1, 0.15) is 62.5 Å². The van der Waals surface area contributed by atoms with E-state index >= 15 is 0 Å². The highest BCUT2D eigenvalue weighted by molar-refractivity contribution is 5.86. The first-order chi connectivity index (χ1) is 22.3. The largest absolute Gasteiger partial charge is 0.463 e. The summed E-state index contributed by atoms with van der Waals surface area (Å²) in [7, 11) is 0.